The van der Waals surface area contributed by atoms with Crippen LogP contribution >= 0.6 is 15.9 Å². The van der Waals surface area contributed by atoms with Crippen LogP contribution in [0.25, 0.3) is 0 Å². The first-order chi connectivity index (χ1) is 9.28. The molecule has 0 fully saturated rings. The van der Waals surface area contributed by atoms with Gasteiger partial charge in [-0.25, -0.2) is 4.98 Å². The molecule has 1 heterocycles. The number of aromatic nitrogens is 1. The number of benzene rings is 1. The third-order valence-corrected chi connectivity index (χ3v) is 3.44. The smallest absolute Gasteiger partial charge is 0.223 e. The van der Waals surface area contributed by atoms with E-state index in [1.54, 1.807) is 13.3 Å². The number of nitrogens with zero attached hydrogens (tertiary/aromatic N) is 1. The predicted octanol–water partition coefficient (Wildman–Crippen LogP) is 4.34. The lowest BCUT2D eigenvalue weighted by molar-refractivity contribution is 0.372. The summed E-state index contributed by atoms with van der Waals surface area (Å²) in [6.07, 6.45) is 2.68. The van der Waals surface area contributed by atoms with Gasteiger partial charge in [0.2, 0.25) is 5.88 Å². The summed E-state index contributed by atoms with van der Waals surface area (Å²) < 4.78 is 11.2. The molecule has 1 aromatic heterocycles. The van der Waals surface area contributed by atoms with Crippen molar-refractivity contribution in [2.45, 2.75) is 18.7 Å². The third kappa shape index (κ3) is 3.26. The molecule has 2 aromatic rings. The highest BCUT2D eigenvalue weighted by Gasteiger charge is 2.10. The highest BCUT2D eigenvalue weighted by atomic mass is 79.9. The molecule has 0 atom stereocenters. The van der Waals surface area contributed by atoms with E-state index in [-0.39, 0.29) is 0 Å². The number of pyridine rings is 1. The minimum atomic E-state index is 0.599. The topological polar surface area (TPSA) is 31.4 Å². The maximum atomic E-state index is 5.86. The Morgan fingerprint density at radius 2 is 2.05 bits per heavy atom. The van der Waals surface area contributed by atoms with Crippen LogP contribution in [0.2, 0.25) is 0 Å². The summed E-state index contributed by atoms with van der Waals surface area (Å²) in [7, 11) is 1.64. The fraction of sp³-hybridized carbons (Fsp3) is 0.267. The summed E-state index contributed by atoms with van der Waals surface area (Å²) in [6, 6.07) is 9.82. The highest BCUT2D eigenvalue weighted by molar-refractivity contribution is 9.08. The molecule has 0 saturated carbocycles. The fourth-order valence-corrected chi connectivity index (χ4v) is 2.16. The van der Waals surface area contributed by atoms with Gasteiger partial charge in [-0.05, 0) is 30.2 Å². The number of alkyl halides is 1. The molecule has 0 N–H and O–H groups in total. The first kappa shape index (κ1) is 13.9. The molecule has 0 saturated heterocycles. The Balaban J connectivity index is 2.32. The van der Waals surface area contributed by atoms with Gasteiger partial charge in [-0.1, -0.05) is 35.0 Å². The molecule has 100 valence electrons. The van der Waals surface area contributed by atoms with Crippen LogP contribution in [0.15, 0.2) is 36.5 Å². The average molecular weight is 322 g/mol. The normalized spacial score (nSPS) is 10.3. The zero-order valence-corrected chi connectivity index (χ0v) is 12.6. The molecular formula is C15H16BrNO2. The summed E-state index contributed by atoms with van der Waals surface area (Å²) in [4.78, 5) is 4.26. The van der Waals surface area contributed by atoms with Gasteiger partial charge in [0.25, 0.3) is 0 Å². The summed E-state index contributed by atoms with van der Waals surface area (Å²) in [5.74, 6) is 2.01. The molecular weight excluding hydrogens is 306 g/mol. The van der Waals surface area contributed by atoms with Gasteiger partial charge in [0, 0.05) is 17.1 Å². The lowest BCUT2D eigenvalue weighted by Crippen LogP contribution is -1.96. The van der Waals surface area contributed by atoms with Gasteiger partial charge in [-0.2, -0.15) is 0 Å². The van der Waals surface area contributed by atoms with E-state index in [0.29, 0.717) is 17.0 Å². The van der Waals surface area contributed by atoms with E-state index < -0.39 is 0 Å². The number of aryl methyl sites for hydroxylation is 1. The molecule has 3 nitrogen and oxygen atoms in total. The van der Waals surface area contributed by atoms with Crippen molar-refractivity contribution in [1.29, 1.82) is 0 Å². The first-order valence-corrected chi connectivity index (χ1v) is 7.25. The summed E-state index contributed by atoms with van der Waals surface area (Å²) >= 11 is 3.43. The van der Waals surface area contributed by atoms with Gasteiger partial charge >= 0.3 is 0 Å². The molecule has 0 radical (unpaired) electrons. The molecule has 0 aliphatic carbocycles. The van der Waals surface area contributed by atoms with Gasteiger partial charge < -0.3 is 9.47 Å². The average Bonchev–Trinajstić information content (AvgIpc) is 2.48. The monoisotopic (exact) mass is 321 g/mol. The Hall–Kier alpha value is -1.55. The summed E-state index contributed by atoms with van der Waals surface area (Å²) in [5, 5.41) is 0.700. The van der Waals surface area contributed by atoms with Crippen LogP contribution in [-0.4, -0.2) is 12.1 Å². The van der Waals surface area contributed by atoms with Crippen molar-refractivity contribution in [3.8, 4) is 17.4 Å². The predicted molar refractivity (Wildman–Crippen MR) is 79.3 cm³/mol. The molecule has 0 bridgehead atoms. The number of hydrogen-bond acceptors (Lipinski definition) is 3. The van der Waals surface area contributed by atoms with E-state index in [2.05, 4.69) is 27.8 Å². The Bertz CT molecular complexity index is 558. The van der Waals surface area contributed by atoms with Crippen molar-refractivity contribution < 1.29 is 9.47 Å². The van der Waals surface area contributed by atoms with Crippen molar-refractivity contribution in [1.82, 2.24) is 4.98 Å². The van der Waals surface area contributed by atoms with Crippen molar-refractivity contribution in [3.05, 3.63) is 47.7 Å². The minimum absolute atomic E-state index is 0.599. The van der Waals surface area contributed by atoms with Gasteiger partial charge in [-0.15, -0.1) is 0 Å². The van der Waals surface area contributed by atoms with E-state index in [1.165, 1.54) is 5.56 Å². The summed E-state index contributed by atoms with van der Waals surface area (Å²) in [5.41, 5.74) is 2.22. The molecule has 4 heteroatoms. The third-order valence-electron chi connectivity index (χ3n) is 2.84. The Morgan fingerprint density at radius 3 is 2.74 bits per heavy atom. The lowest BCUT2D eigenvalue weighted by Gasteiger charge is -2.12. The molecule has 0 aliphatic rings. The second-order valence-corrected chi connectivity index (χ2v) is 4.60. The van der Waals surface area contributed by atoms with Gasteiger partial charge in [-0.3, -0.25) is 0 Å². The summed E-state index contributed by atoms with van der Waals surface area (Å²) in [6.45, 7) is 2.11. The van der Waals surface area contributed by atoms with Crippen LogP contribution in [0.5, 0.6) is 17.4 Å². The van der Waals surface area contributed by atoms with Crippen LogP contribution in [0.4, 0.5) is 0 Å². The fourth-order valence-electron chi connectivity index (χ4n) is 1.74. The van der Waals surface area contributed by atoms with Crippen LogP contribution < -0.4 is 9.47 Å². The van der Waals surface area contributed by atoms with E-state index in [1.807, 2.05) is 30.3 Å². The first-order valence-electron chi connectivity index (χ1n) is 6.13. The van der Waals surface area contributed by atoms with E-state index >= 15 is 0 Å². The van der Waals surface area contributed by atoms with E-state index in [0.717, 1.165) is 17.7 Å². The van der Waals surface area contributed by atoms with Crippen molar-refractivity contribution >= 4 is 15.9 Å². The minimum Gasteiger partial charge on any atom is -0.493 e. The van der Waals surface area contributed by atoms with Crippen molar-refractivity contribution in [2.24, 2.45) is 0 Å². The zero-order valence-electron chi connectivity index (χ0n) is 11.0. The Kier molecular flexibility index (Phi) is 4.80. The zero-order chi connectivity index (χ0) is 13.7. The lowest BCUT2D eigenvalue weighted by atomic mass is 10.1. The molecule has 0 amide bonds. The molecule has 19 heavy (non-hydrogen) atoms. The molecule has 1 aromatic carbocycles. The van der Waals surface area contributed by atoms with Crippen molar-refractivity contribution in [3.63, 3.8) is 0 Å². The maximum absolute atomic E-state index is 5.86. The second kappa shape index (κ2) is 6.57. The SMILES string of the molecule is CCc1ccc(Oc2ncccc2CBr)c(OC)c1. The molecule has 0 aliphatic heterocycles. The van der Waals surface area contributed by atoms with Crippen molar-refractivity contribution in [2.75, 3.05) is 7.11 Å². The van der Waals surface area contributed by atoms with E-state index in [9.17, 15) is 0 Å². The van der Waals surface area contributed by atoms with Crippen LogP contribution in [0.3, 0.4) is 0 Å². The van der Waals surface area contributed by atoms with Gasteiger partial charge in [0.15, 0.2) is 11.5 Å². The number of halogens is 1. The van der Waals surface area contributed by atoms with E-state index in [4.69, 9.17) is 9.47 Å². The number of rotatable bonds is 5. The van der Waals surface area contributed by atoms with Gasteiger partial charge in [0.1, 0.15) is 0 Å². The van der Waals surface area contributed by atoms with Crippen LogP contribution in [0.1, 0.15) is 18.1 Å². The van der Waals surface area contributed by atoms with Crippen LogP contribution in [0, 0.1) is 0 Å². The molecule has 0 spiro atoms. The molecule has 2 rings (SSSR count). The Morgan fingerprint density at radius 1 is 1.21 bits per heavy atom. The van der Waals surface area contributed by atoms with Crippen LogP contribution in [-0.2, 0) is 11.8 Å². The maximum Gasteiger partial charge on any atom is 0.223 e. The molecule has 0 unspecified atom stereocenters. The largest absolute Gasteiger partial charge is 0.493 e. The number of ether oxygens (including phenoxy) is 2. The number of hydrogen-bond donors (Lipinski definition) is 0. The number of methoxy groups -OCH3 is 1. The quantitative estimate of drug-likeness (QED) is 0.767. The van der Waals surface area contributed by atoms with Gasteiger partial charge in [0.05, 0.1) is 7.11 Å². The highest BCUT2D eigenvalue weighted by Crippen LogP contribution is 2.33. The Labute approximate surface area is 121 Å². The second-order valence-electron chi connectivity index (χ2n) is 4.04. The standard InChI is InChI=1S/C15H16BrNO2/c1-3-11-6-7-13(14(9-11)18-2)19-15-12(10-16)5-4-8-17-15/h4-9H,3,10H2,1-2H3.